The van der Waals surface area contributed by atoms with Gasteiger partial charge >= 0.3 is 140 Å². The molecule has 21 heavy (non-hydrogen) atoms. The van der Waals surface area contributed by atoms with Gasteiger partial charge in [-0.15, -0.1) is 0 Å². The van der Waals surface area contributed by atoms with Crippen LogP contribution in [0.1, 0.15) is 35.1 Å². The van der Waals surface area contributed by atoms with Crippen molar-refractivity contribution < 1.29 is 0 Å². The number of hydrogen-bond acceptors (Lipinski definition) is 0. The Balaban J connectivity index is 1.78. The zero-order valence-corrected chi connectivity index (χ0v) is 16.0. The van der Waals surface area contributed by atoms with Gasteiger partial charge < -0.3 is 0 Å². The van der Waals surface area contributed by atoms with E-state index >= 15 is 0 Å². The zero-order valence-electron chi connectivity index (χ0n) is 13.2. The second-order valence-corrected chi connectivity index (χ2v) is 9.51. The molecule has 0 saturated heterocycles. The molecule has 0 amide bonds. The summed E-state index contributed by atoms with van der Waals surface area (Å²) in [5.41, 5.74) is 5.74. The molecule has 0 atom stereocenters. The maximum absolute atomic E-state index is 3.90. The molecule has 0 aliphatic rings. The van der Waals surface area contributed by atoms with Crippen molar-refractivity contribution in [2.24, 2.45) is 0 Å². The van der Waals surface area contributed by atoms with Crippen LogP contribution < -0.4 is 3.58 Å². The molecule has 0 fully saturated rings. The Morgan fingerprint density at radius 3 is 2.62 bits per heavy atom. The SMILES string of the molecule is C=Cc1ccccc1CCC[CH2][Sn][c]1cccc(C)c1C. The van der Waals surface area contributed by atoms with Crippen molar-refractivity contribution in [2.75, 3.05) is 0 Å². The second kappa shape index (κ2) is 8.43. The predicted molar refractivity (Wildman–Crippen MR) is 95.6 cm³/mol. The maximum atomic E-state index is 3.90. The predicted octanol–water partition coefficient (Wildman–Crippen LogP) is 4.72. The third-order valence-electron chi connectivity index (χ3n) is 4.07. The van der Waals surface area contributed by atoms with Crippen LogP contribution in [0.15, 0.2) is 49.0 Å². The molecule has 0 N–H and O–H groups in total. The second-order valence-electron chi connectivity index (χ2n) is 5.53. The van der Waals surface area contributed by atoms with Crippen molar-refractivity contribution in [2.45, 2.75) is 37.5 Å². The van der Waals surface area contributed by atoms with E-state index in [-0.39, 0.29) is 21.1 Å². The topological polar surface area (TPSA) is 0 Å². The van der Waals surface area contributed by atoms with E-state index in [1.165, 1.54) is 40.4 Å². The Kier molecular flexibility index (Phi) is 6.56. The number of aryl methyl sites for hydroxylation is 2. The first-order chi connectivity index (χ1) is 10.2. The third kappa shape index (κ3) is 4.74. The molecule has 0 heterocycles. The minimum absolute atomic E-state index is 0.389. The Hall–Kier alpha value is -1.02. The van der Waals surface area contributed by atoms with Crippen molar-refractivity contribution >= 4 is 30.8 Å². The summed E-state index contributed by atoms with van der Waals surface area (Å²) < 4.78 is 3.13. The van der Waals surface area contributed by atoms with Gasteiger partial charge in [-0.05, 0) is 0 Å². The number of benzene rings is 2. The van der Waals surface area contributed by atoms with E-state index in [0.29, 0.717) is 0 Å². The summed E-state index contributed by atoms with van der Waals surface area (Å²) in [6.07, 6.45) is 5.83. The number of unbranched alkanes of at least 4 members (excludes halogenated alkanes) is 1. The summed E-state index contributed by atoms with van der Waals surface area (Å²) in [5, 5.41) is 0. The fourth-order valence-electron chi connectivity index (χ4n) is 2.57. The summed E-state index contributed by atoms with van der Waals surface area (Å²) >= 11 is -0.389. The quantitative estimate of drug-likeness (QED) is 0.480. The van der Waals surface area contributed by atoms with Gasteiger partial charge in [-0.1, -0.05) is 0 Å². The van der Waals surface area contributed by atoms with Crippen molar-refractivity contribution in [3.05, 3.63) is 71.3 Å². The summed E-state index contributed by atoms with van der Waals surface area (Å²) in [4.78, 5) is 0. The van der Waals surface area contributed by atoms with Crippen LogP contribution in [-0.2, 0) is 6.42 Å². The van der Waals surface area contributed by atoms with Gasteiger partial charge in [0.05, 0.1) is 0 Å². The van der Waals surface area contributed by atoms with Crippen LogP contribution in [0.5, 0.6) is 0 Å². The Morgan fingerprint density at radius 2 is 1.81 bits per heavy atom. The molecule has 0 unspecified atom stereocenters. The van der Waals surface area contributed by atoms with Crippen LogP contribution in [-0.4, -0.2) is 21.1 Å². The van der Waals surface area contributed by atoms with Gasteiger partial charge in [-0.2, -0.15) is 0 Å². The van der Waals surface area contributed by atoms with Crippen LogP contribution in [0.2, 0.25) is 4.44 Å². The standard InChI is InChI=1S/C12H15.C8H9.Sn/c1-3-5-8-12-10-7-6-9-11(12)4-2;1-7-5-3-4-6-8(7)2;/h4,6-7,9-10H,1-3,5,8H2;3-5H,1-2H3;. The average Bonchev–Trinajstić information content (AvgIpc) is 2.51. The van der Waals surface area contributed by atoms with Gasteiger partial charge in [0.2, 0.25) is 0 Å². The summed E-state index contributed by atoms with van der Waals surface area (Å²) in [6.45, 7) is 8.41. The van der Waals surface area contributed by atoms with Crippen LogP contribution >= 0.6 is 0 Å². The fourth-order valence-corrected chi connectivity index (χ4v) is 6.48. The van der Waals surface area contributed by atoms with Crippen molar-refractivity contribution in [1.82, 2.24) is 0 Å². The van der Waals surface area contributed by atoms with Crippen molar-refractivity contribution in [3.8, 4) is 0 Å². The Labute approximate surface area is 139 Å². The summed E-state index contributed by atoms with van der Waals surface area (Å²) in [5.74, 6) is 0. The van der Waals surface area contributed by atoms with E-state index < -0.39 is 0 Å². The molecular weight excluding hydrogens is 359 g/mol. The molecule has 0 aliphatic heterocycles. The molecule has 0 bridgehead atoms. The first-order valence-electron chi connectivity index (χ1n) is 7.73. The zero-order chi connectivity index (χ0) is 15.1. The fraction of sp³-hybridized carbons (Fsp3) is 0.300. The first-order valence-corrected chi connectivity index (χ1v) is 11.2. The van der Waals surface area contributed by atoms with E-state index in [1.807, 2.05) is 6.08 Å². The molecule has 0 aromatic heterocycles. The van der Waals surface area contributed by atoms with E-state index in [9.17, 15) is 0 Å². The molecule has 0 aliphatic carbocycles. The van der Waals surface area contributed by atoms with Crippen LogP contribution in [0.4, 0.5) is 0 Å². The van der Waals surface area contributed by atoms with Crippen LogP contribution in [0.3, 0.4) is 0 Å². The molecule has 2 radical (unpaired) electrons. The molecule has 0 nitrogen and oxygen atoms in total. The number of rotatable bonds is 7. The summed E-state index contributed by atoms with van der Waals surface area (Å²) in [7, 11) is 0. The van der Waals surface area contributed by atoms with Gasteiger partial charge in [0.15, 0.2) is 0 Å². The normalized spacial score (nSPS) is 10.6. The molecule has 108 valence electrons. The van der Waals surface area contributed by atoms with Gasteiger partial charge in [0, 0.05) is 0 Å². The van der Waals surface area contributed by atoms with Crippen molar-refractivity contribution in [3.63, 3.8) is 0 Å². The third-order valence-corrected chi connectivity index (χ3v) is 8.42. The molecular formula is C20H24Sn. The molecule has 0 spiro atoms. The number of hydrogen-bond donors (Lipinski definition) is 0. The monoisotopic (exact) mass is 384 g/mol. The van der Waals surface area contributed by atoms with Crippen molar-refractivity contribution in [1.29, 1.82) is 0 Å². The van der Waals surface area contributed by atoms with E-state index in [1.54, 1.807) is 9.14 Å². The molecule has 0 saturated carbocycles. The minimum atomic E-state index is -0.389. The average molecular weight is 383 g/mol. The summed E-state index contributed by atoms with van der Waals surface area (Å²) in [6, 6.07) is 15.4. The van der Waals surface area contributed by atoms with E-state index in [2.05, 4.69) is 62.9 Å². The van der Waals surface area contributed by atoms with Crippen LogP contribution in [0.25, 0.3) is 6.08 Å². The Morgan fingerprint density at radius 1 is 1.00 bits per heavy atom. The van der Waals surface area contributed by atoms with Gasteiger partial charge in [0.25, 0.3) is 0 Å². The van der Waals surface area contributed by atoms with Gasteiger partial charge in [0.1, 0.15) is 0 Å². The van der Waals surface area contributed by atoms with E-state index in [0.717, 1.165) is 0 Å². The molecule has 2 rings (SSSR count). The van der Waals surface area contributed by atoms with Gasteiger partial charge in [-0.25, -0.2) is 0 Å². The van der Waals surface area contributed by atoms with Crippen LogP contribution in [0, 0.1) is 13.8 Å². The first kappa shape index (κ1) is 16.4. The van der Waals surface area contributed by atoms with Gasteiger partial charge in [-0.3, -0.25) is 0 Å². The molecule has 1 heteroatoms. The molecule has 2 aromatic carbocycles. The Bertz CT molecular complexity index is 599. The van der Waals surface area contributed by atoms with E-state index in [4.69, 9.17) is 0 Å². The molecule has 2 aromatic rings.